The van der Waals surface area contributed by atoms with Crippen LogP contribution >= 0.6 is 0 Å². The predicted molar refractivity (Wildman–Crippen MR) is 48.3 cm³/mol. The zero-order valence-corrected chi connectivity index (χ0v) is 7.30. The highest BCUT2D eigenvalue weighted by Crippen LogP contribution is 2.36. The molecule has 0 bridgehead atoms. The summed E-state index contributed by atoms with van der Waals surface area (Å²) < 4.78 is 37.0. The first-order chi connectivity index (χ1) is 6.33. The second-order valence-electron chi connectivity index (χ2n) is 2.41. The number of aliphatic hydroxyl groups is 1. The summed E-state index contributed by atoms with van der Waals surface area (Å²) in [5.74, 6) is 1.30. The first kappa shape index (κ1) is 12.5. The van der Waals surface area contributed by atoms with Gasteiger partial charge in [0.05, 0.1) is 0 Å². The number of rotatable bonds is 3. The van der Waals surface area contributed by atoms with Gasteiger partial charge in [0.2, 0.25) is 5.60 Å². The van der Waals surface area contributed by atoms with Gasteiger partial charge in [-0.15, -0.1) is 6.42 Å². The fraction of sp³-hybridized carbons (Fsp3) is 0.200. The summed E-state index contributed by atoms with van der Waals surface area (Å²) in [5.41, 5.74) is -3.83. The highest BCUT2D eigenvalue weighted by atomic mass is 19.4. The van der Waals surface area contributed by atoms with E-state index in [9.17, 15) is 18.3 Å². The minimum absolute atomic E-state index is 0.525. The Morgan fingerprint density at radius 1 is 1.36 bits per heavy atom. The molecule has 0 amide bonds. The number of alkyl halides is 3. The first-order valence-corrected chi connectivity index (χ1v) is 3.56. The number of terminal acetylenes is 1. The second-order valence-corrected chi connectivity index (χ2v) is 2.41. The summed E-state index contributed by atoms with van der Waals surface area (Å²) in [6.45, 7) is 6.34. The lowest BCUT2D eigenvalue weighted by Crippen LogP contribution is -2.45. The molecule has 0 spiro atoms. The fourth-order valence-corrected chi connectivity index (χ4v) is 0.792. The molecule has 0 rings (SSSR count). The lowest BCUT2D eigenvalue weighted by Gasteiger charge is -2.25. The Bertz CT molecular complexity index is 306. The van der Waals surface area contributed by atoms with Crippen LogP contribution in [0.25, 0.3) is 0 Å². The van der Waals surface area contributed by atoms with E-state index in [0.717, 1.165) is 18.2 Å². The van der Waals surface area contributed by atoms with Crippen molar-refractivity contribution in [2.75, 3.05) is 0 Å². The average molecular weight is 202 g/mol. The maximum atomic E-state index is 12.3. The van der Waals surface area contributed by atoms with Gasteiger partial charge in [-0.3, -0.25) is 0 Å². The van der Waals surface area contributed by atoms with Gasteiger partial charge in [0.1, 0.15) is 0 Å². The van der Waals surface area contributed by atoms with Crippen LogP contribution in [0.2, 0.25) is 0 Å². The maximum absolute atomic E-state index is 12.3. The summed E-state index contributed by atoms with van der Waals surface area (Å²) in [7, 11) is 0. The molecule has 0 heterocycles. The van der Waals surface area contributed by atoms with E-state index in [-0.39, 0.29) is 0 Å². The van der Waals surface area contributed by atoms with Crippen molar-refractivity contribution in [3.05, 3.63) is 37.0 Å². The molecular weight excluding hydrogens is 193 g/mol. The molecule has 1 unspecified atom stereocenters. The van der Waals surface area contributed by atoms with Gasteiger partial charge in [-0.05, 0) is 0 Å². The highest BCUT2D eigenvalue weighted by molar-refractivity contribution is 5.40. The van der Waals surface area contributed by atoms with Gasteiger partial charge in [0, 0.05) is 5.57 Å². The fourth-order valence-electron chi connectivity index (χ4n) is 0.792. The summed E-state index contributed by atoms with van der Waals surface area (Å²) in [6, 6.07) is 0. The van der Waals surface area contributed by atoms with Crippen LogP contribution in [-0.4, -0.2) is 16.9 Å². The van der Waals surface area contributed by atoms with E-state index in [4.69, 9.17) is 0 Å². The van der Waals surface area contributed by atoms with Crippen LogP contribution in [0.1, 0.15) is 0 Å². The van der Waals surface area contributed by atoms with Crippen molar-refractivity contribution in [1.29, 1.82) is 0 Å². The smallest absolute Gasteiger partial charge is 0.366 e. The molecule has 0 aliphatic heterocycles. The van der Waals surface area contributed by atoms with Crippen LogP contribution in [0.3, 0.4) is 0 Å². The Morgan fingerprint density at radius 3 is 2.07 bits per heavy atom. The third-order valence-corrected chi connectivity index (χ3v) is 1.55. The van der Waals surface area contributed by atoms with Crippen molar-refractivity contribution in [1.82, 2.24) is 0 Å². The Kier molecular flexibility index (Phi) is 3.72. The Hall–Kier alpha value is -1.47. The van der Waals surface area contributed by atoms with E-state index in [2.05, 4.69) is 19.6 Å². The molecule has 0 aliphatic rings. The second kappa shape index (κ2) is 4.16. The highest BCUT2D eigenvalue weighted by Gasteiger charge is 2.54. The number of hydrogen-bond donors (Lipinski definition) is 1. The molecule has 4 heteroatoms. The SMILES string of the molecule is C#CC(O)(/C(C=C)=C/C=C)C(F)(F)F. The van der Waals surface area contributed by atoms with Crippen molar-refractivity contribution < 1.29 is 18.3 Å². The molecule has 1 nitrogen and oxygen atoms in total. The summed E-state index contributed by atoms with van der Waals surface area (Å²) in [6.07, 6.45) is 2.61. The van der Waals surface area contributed by atoms with Crippen molar-refractivity contribution in [2.45, 2.75) is 11.8 Å². The average Bonchev–Trinajstić information content (AvgIpc) is 2.11. The Labute approximate surface area is 80.2 Å². The van der Waals surface area contributed by atoms with Crippen molar-refractivity contribution >= 4 is 0 Å². The number of allylic oxidation sites excluding steroid dienone is 2. The van der Waals surface area contributed by atoms with Crippen LogP contribution < -0.4 is 0 Å². The summed E-state index contributed by atoms with van der Waals surface area (Å²) in [4.78, 5) is 0. The molecule has 1 N–H and O–H groups in total. The molecule has 0 saturated heterocycles. The quantitative estimate of drug-likeness (QED) is 0.549. The molecule has 1 atom stereocenters. The molecule has 0 aliphatic carbocycles. The molecule has 0 radical (unpaired) electrons. The monoisotopic (exact) mass is 202 g/mol. The number of halogens is 3. The minimum Gasteiger partial charge on any atom is -0.366 e. The molecular formula is C10H9F3O. The van der Waals surface area contributed by atoms with Gasteiger partial charge in [-0.25, -0.2) is 0 Å². The Morgan fingerprint density at radius 2 is 1.86 bits per heavy atom. The molecule has 0 aromatic heterocycles. The van der Waals surface area contributed by atoms with Crippen LogP contribution in [0, 0.1) is 12.3 Å². The molecule has 0 saturated carbocycles. The van der Waals surface area contributed by atoms with E-state index in [1.807, 2.05) is 0 Å². The lowest BCUT2D eigenvalue weighted by atomic mass is 9.93. The van der Waals surface area contributed by atoms with E-state index < -0.39 is 17.4 Å². The van der Waals surface area contributed by atoms with E-state index in [1.165, 1.54) is 5.92 Å². The lowest BCUT2D eigenvalue weighted by molar-refractivity contribution is -0.219. The predicted octanol–water partition coefficient (Wildman–Crippen LogP) is 2.21. The number of hydrogen-bond acceptors (Lipinski definition) is 1. The maximum Gasteiger partial charge on any atom is 0.433 e. The van der Waals surface area contributed by atoms with Crippen molar-refractivity contribution in [3.8, 4) is 12.3 Å². The largest absolute Gasteiger partial charge is 0.433 e. The third-order valence-electron chi connectivity index (χ3n) is 1.55. The van der Waals surface area contributed by atoms with Gasteiger partial charge in [-0.1, -0.05) is 37.3 Å². The van der Waals surface area contributed by atoms with Crippen molar-refractivity contribution in [3.63, 3.8) is 0 Å². The van der Waals surface area contributed by atoms with Gasteiger partial charge in [-0.2, -0.15) is 13.2 Å². The zero-order chi connectivity index (χ0) is 11.4. The van der Waals surface area contributed by atoms with Gasteiger partial charge >= 0.3 is 6.18 Å². The van der Waals surface area contributed by atoms with Crippen LogP contribution in [0.5, 0.6) is 0 Å². The van der Waals surface area contributed by atoms with Crippen LogP contribution in [0.4, 0.5) is 13.2 Å². The topological polar surface area (TPSA) is 20.2 Å². The van der Waals surface area contributed by atoms with Crippen molar-refractivity contribution in [2.24, 2.45) is 0 Å². The van der Waals surface area contributed by atoms with Crippen LogP contribution in [0.15, 0.2) is 37.0 Å². The normalized spacial score (nSPS) is 16.6. The summed E-state index contributed by atoms with van der Waals surface area (Å²) in [5, 5.41) is 9.20. The Balaban J connectivity index is 5.47. The molecule has 0 fully saturated rings. The molecule has 0 aromatic rings. The third kappa shape index (κ3) is 2.06. The van der Waals surface area contributed by atoms with E-state index >= 15 is 0 Å². The van der Waals surface area contributed by atoms with Gasteiger partial charge in [0.25, 0.3) is 0 Å². The van der Waals surface area contributed by atoms with Crippen LogP contribution in [-0.2, 0) is 0 Å². The standard InChI is InChI=1S/C10H9F3O/c1-4-7-8(5-2)9(14,6-3)10(11,12)13/h3-5,7,14H,1-2H2/b8-7+. The van der Waals surface area contributed by atoms with Gasteiger partial charge in [0.15, 0.2) is 0 Å². The van der Waals surface area contributed by atoms with Gasteiger partial charge < -0.3 is 5.11 Å². The molecule has 76 valence electrons. The van der Waals surface area contributed by atoms with E-state index in [1.54, 1.807) is 0 Å². The van der Waals surface area contributed by atoms with E-state index in [0.29, 0.717) is 0 Å². The molecule has 0 aromatic carbocycles. The first-order valence-electron chi connectivity index (χ1n) is 3.56. The minimum atomic E-state index is -4.94. The summed E-state index contributed by atoms with van der Waals surface area (Å²) >= 11 is 0. The zero-order valence-electron chi connectivity index (χ0n) is 7.30. The molecule has 14 heavy (non-hydrogen) atoms.